The van der Waals surface area contributed by atoms with Gasteiger partial charge in [-0.15, -0.1) is 0 Å². The van der Waals surface area contributed by atoms with Crippen molar-refractivity contribution < 1.29 is 12.8 Å². The number of aryl methyl sites for hydroxylation is 2. The highest BCUT2D eigenvalue weighted by atomic mass is 32.2. The summed E-state index contributed by atoms with van der Waals surface area (Å²) in [5.74, 6) is 1.19. The molecule has 0 amide bonds. The SMILES string of the molecule is CCNCc1c(C)oc(C)c1S(=O)(=O)N1CCCC1. The van der Waals surface area contributed by atoms with E-state index in [1.807, 2.05) is 13.8 Å². The fourth-order valence-electron chi connectivity index (χ4n) is 2.56. The van der Waals surface area contributed by atoms with E-state index in [2.05, 4.69) is 5.32 Å². The van der Waals surface area contributed by atoms with Gasteiger partial charge in [0.05, 0.1) is 0 Å². The van der Waals surface area contributed by atoms with Crippen LogP contribution in [0.25, 0.3) is 0 Å². The van der Waals surface area contributed by atoms with E-state index < -0.39 is 10.0 Å². The zero-order valence-electron chi connectivity index (χ0n) is 11.8. The highest BCUT2D eigenvalue weighted by Crippen LogP contribution is 2.30. The van der Waals surface area contributed by atoms with E-state index in [4.69, 9.17) is 4.42 Å². The van der Waals surface area contributed by atoms with Crippen LogP contribution in [-0.2, 0) is 16.6 Å². The summed E-state index contributed by atoms with van der Waals surface area (Å²) in [6.07, 6.45) is 1.88. The van der Waals surface area contributed by atoms with Crippen LogP contribution in [0.2, 0.25) is 0 Å². The maximum atomic E-state index is 12.7. The van der Waals surface area contributed by atoms with Gasteiger partial charge in [0, 0.05) is 25.2 Å². The van der Waals surface area contributed by atoms with E-state index in [0.29, 0.717) is 36.1 Å². The summed E-state index contributed by atoms with van der Waals surface area (Å²) >= 11 is 0. The maximum absolute atomic E-state index is 12.7. The van der Waals surface area contributed by atoms with Gasteiger partial charge in [-0.05, 0) is 33.2 Å². The van der Waals surface area contributed by atoms with Crippen molar-refractivity contribution >= 4 is 10.0 Å². The number of rotatable bonds is 5. The molecule has 6 heteroatoms. The van der Waals surface area contributed by atoms with Gasteiger partial charge < -0.3 is 9.73 Å². The second-order valence-electron chi connectivity index (χ2n) is 4.91. The third-order valence-corrected chi connectivity index (χ3v) is 5.63. The summed E-state index contributed by atoms with van der Waals surface area (Å²) in [6, 6.07) is 0. The quantitative estimate of drug-likeness (QED) is 0.896. The normalized spacial score (nSPS) is 17.2. The second kappa shape index (κ2) is 5.64. The van der Waals surface area contributed by atoms with Crippen molar-refractivity contribution in [3.63, 3.8) is 0 Å². The minimum absolute atomic E-state index is 0.368. The predicted molar refractivity (Wildman–Crippen MR) is 73.6 cm³/mol. The van der Waals surface area contributed by atoms with Gasteiger partial charge in [-0.25, -0.2) is 8.42 Å². The molecule has 0 radical (unpaired) electrons. The van der Waals surface area contributed by atoms with Crippen LogP contribution in [0.3, 0.4) is 0 Å². The Morgan fingerprint density at radius 2 is 1.84 bits per heavy atom. The van der Waals surface area contributed by atoms with Crippen molar-refractivity contribution in [3.05, 3.63) is 17.1 Å². The third-order valence-electron chi connectivity index (χ3n) is 3.54. The van der Waals surface area contributed by atoms with E-state index in [-0.39, 0.29) is 0 Å². The molecule has 0 aliphatic carbocycles. The lowest BCUT2D eigenvalue weighted by atomic mass is 10.2. The van der Waals surface area contributed by atoms with E-state index in [1.54, 1.807) is 11.2 Å². The van der Waals surface area contributed by atoms with Crippen molar-refractivity contribution in [1.82, 2.24) is 9.62 Å². The van der Waals surface area contributed by atoms with Gasteiger partial charge in [-0.3, -0.25) is 0 Å². The largest absolute Gasteiger partial charge is 0.465 e. The Morgan fingerprint density at radius 3 is 2.42 bits per heavy atom. The van der Waals surface area contributed by atoms with Gasteiger partial charge in [0.2, 0.25) is 10.0 Å². The molecular weight excluding hydrogens is 264 g/mol. The van der Waals surface area contributed by atoms with Crippen molar-refractivity contribution in [3.8, 4) is 0 Å². The van der Waals surface area contributed by atoms with E-state index in [1.165, 1.54) is 0 Å². The fraction of sp³-hybridized carbons (Fsp3) is 0.692. The van der Waals surface area contributed by atoms with E-state index in [9.17, 15) is 8.42 Å². The molecule has 0 bridgehead atoms. The first-order valence-electron chi connectivity index (χ1n) is 6.78. The molecule has 2 rings (SSSR count). The summed E-state index contributed by atoms with van der Waals surface area (Å²) in [5.41, 5.74) is 0.770. The van der Waals surface area contributed by atoms with Gasteiger partial charge in [-0.1, -0.05) is 6.92 Å². The molecule has 2 heterocycles. The summed E-state index contributed by atoms with van der Waals surface area (Å²) in [4.78, 5) is 0.368. The van der Waals surface area contributed by atoms with Crippen molar-refractivity contribution in [2.24, 2.45) is 0 Å². The highest BCUT2D eigenvalue weighted by Gasteiger charge is 2.33. The van der Waals surface area contributed by atoms with Crippen LogP contribution in [0.4, 0.5) is 0 Å². The molecule has 0 unspecified atom stereocenters. The summed E-state index contributed by atoms with van der Waals surface area (Å²) in [5, 5.41) is 3.18. The molecule has 5 nitrogen and oxygen atoms in total. The van der Waals surface area contributed by atoms with Gasteiger partial charge in [-0.2, -0.15) is 4.31 Å². The molecule has 1 fully saturated rings. The monoisotopic (exact) mass is 286 g/mol. The van der Waals surface area contributed by atoms with Crippen LogP contribution in [-0.4, -0.2) is 32.4 Å². The summed E-state index contributed by atoms with van der Waals surface area (Å²) < 4.78 is 32.5. The molecular formula is C13H22N2O3S. The molecule has 1 aliphatic rings. The van der Waals surface area contributed by atoms with Crippen LogP contribution >= 0.6 is 0 Å². The van der Waals surface area contributed by atoms with Gasteiger partial charge in [0.1, 0.15) is 16.4 Å². The minimum Gasteiger partial charge on any atom is -0.465 e. The van der Waals surface area contributed by atoms with Crippen molar-refractivity contribution in [2.75, 3.05) is 19.6 Å². The standard InChI is InChI=1S/C13H22N2O3S/c1-4-14-9-12-10(2)18-11(3)13(12)19(16,17)15-7-5-6-8-15/h14H,4-9H2,1-3H3. The van der Waals surface area contributed by atoms with Gasteiger partial charge >= 0.3 is 0 Å². The number of hydrogen-bond donors (Lipinski definition) is 1. The van der Waals surface area contributed by atoms with Gasteiger partial charge in [0.25, 0.3) is 0 Å². The zero-order valence-corrected chi connectivity index (χ0v) is 12.6. The average molecular weight is 286 g/mol. The second-order valence-corrected chi connectivity index (χ2v) is 6.79. The van der Waals surface area contributed by atoms with Crippen molar-refractivity contribution in [1.29, 1.82) is 0 Å². The number of hydrogen-bond acceptors (Lipinski definition) is 4. The molecule has 0 aromatic carbocycles. The molecule has 0 atom stereocenters. The predicted octanol–water partition coefficient (Wildman–Crippen LogP) is 1.79. The number of nitrogens with zero attached hydrogens (tertiary/aromatic N) is 1. The summed E-state index contributed by atoms with van der Waals surface area (Å²) in [6.45, 7) is 8.11. The lowest BCUT2D eigenvalue weighted by Crippen LogP contribution is -2.29. The lowest BCUT2D eigenvalue weighted by Gasteiger charge is -2.16. The first-order valence-corrected chi connectivity index (χ1v) is 8.22. The number of sulfonamides is 1. The molecule has 0 spiro atoms. The zero-order chi connectivity index (χ0) is 14.0. The number of nitrogens with one attached hydrogen (secondary N) is 1. The third kappa shape index (κ3) is 2.70. The molecule has 0 saturated carbocycles. The molecule has 108 valence electrons. The molecule has 1 N–H and O–H groups in total. The molecule has 1 aliphatic heterocycles. The van der Waals surface area contributed by atoms with E-state index >= 15 is 0 Å². The minimum atomic E-state index is -3.41. The van der Waals surface area contributed by atoms with Crippen molar-refractivity contribution in [2.45, 2.75) is 45.1 Å². The first kappa shape index (κ1) is 14.6. The molecule has 1 saturated heterocycles. The van der Waals surface area contributed by atoms with Crippen LogP contribution in [0.5, 0.6) is 0 Å². The topological polar surface area (TPSA) is 62.6 Å². The highest BCUT2D eigenvalue weighted by molar-refractivity contribution is 7.89. The Morgan fingerprint density at radius 1 is 1.21 bits per heavy atom. The smallest absolute Gasteiger partial charge is 0.246 e. The van der Waals surface area contributed by atoms with E-state index in [0.717, 1.165) is 24.9 Å². The van der Waals surface area contributed by atoms with Crippen LogP contribution < -0.4 is 5.32 Å². The van der Waals surface area contributed by atoms with Gasteiger partial charge in [0.15, 0.2) is 0 Å². The van der Waals surface area contributed by atoms with Crippen LogP contribution in [0.15, 0.2) is 9.31 Å². The first-order chi connectivity index (χ1) is 8.98. The Bertz CT molecular complexity index is 542. The Balaban J connectivity index is 2.42. The van der Waals surface area contributed by atoms with Crippen LogP contribution in [0.1, 0.15) is 36.8 Å². The Hall–Kier alpha value is -0.850. The maximum Gasteiger partial charge on any atom is 0.246 e. The number of furan rings is 1. The molecule has 19 heavy (non-hydrogen) atoms. The Labute approximate surface area is 115 Å². The van der Waals surface area contributed by atoms with Crippen LogP contribution in [0, 0.1) is 13.8 Å². The molecule has 1 aromatic heterocycles. The lowest BCUT2D eigenvalue weighted by molar-refractivity contribution is 0.468. The fourth-order valence-corrected chi connectivity index (χ4v) is 4.49. The molecule has 1 aromatic rings. The summed E-state index contributed by atoms with van der Waals surface area (Å²) in [7, 11) is -3.41. The Kier molecular flexibility index (Phi) is 4.32. The average Bonchev–Trinajstić information content (AvgIpc) is 2.95.